The van der Waals surface area contributed by atoms with E-state index in [1.54, 1.807) is 26.0 Å². The minimum absolute atomic E-state index is 0.0617. The summed E-state index contributed by atoms with van der Waals surface area (Å²) in [5.41, 5.74) is 1.01. The summed E-state index contributed by atoms with van der Waals surface area (Å²) in [6.45, 7) is 19.5. The van der Waals surface area contributed by atoms with Gasteiger partial charge in [0.05, 0.1) is 60.4 Å². The minimum Gasteiger partial charge on any atom is -0.490 e. The predicted octanol–water partition coefficient (Wildman–Crippen LogP) is 26.5. The molecule has 690 valence electrons. The number of hydrogen-bond donors (Lipinski definition) is 0. The van der Waals surface area contributed by atoms with Gasteiger partial charge in [0.2, 0.25) is 0 Å². The lowest BCUT2D eigenvalue weighted by Gasteiger charge is -2.19. The van der Waals surface area contributed by atoms with Crippen molar-refractivity contribution in [1.82, 2.24) is 0 Å². The molecule has 0 atom stereocenters. The monoisotopic (exact) mass is 1910 g/mol. The van der Waals surface area contributed by atoms with Crippen molar-refractivity contribution in [2.24, 2.45) is 5.92 Å². The Morgan fingerprint density at radius 1 is 0.255 bits per heavy atom. The average molecular weight is 1910 g/mol. The van der Waals surface area contributed by atoms with Crippen LogP contribution in [-0.4, -0.2) is 68.9 Å². The SMILES string of the molecule is C=C(C)C(=O)OCC(=O)Oc1ccc([S+](c2ccccc2)c2ccccc2)cc1.C=C(C)C(=O)OCCOc1ccc([S+](c2ccccc2)c2ccccc2)cc1.C=C(C)C(=O)Oc1ccc([S+](c2ccccc2)c2ccccc2)cc1.C=CC(=O)Oc1ccc([S+](c2ccccc2)c2ccccc2)cc1.O=C(OCCOc1ccc([S+](c2ccccc2)c2ccccc2)cc1)C1CCCCC1. The molecule has 0 unspecified atom stereocenters. The molecule has 15 aromatic carbocycles. The van der Waals surface area contributed by atoms with Gasteiger partial charge in [-0.2, -0.15) is 0 Å². The Labute approximate surface area is 818 Å². The molecule has 1 aliphatic rings. The molecule has 16 rings (SSSR count). The molecule has 0 bridgehead atoms. The summed E-state index contributed by atoms with van der Waals surface area (Å²) < 4.78 is 42.4. The second-order valence-electron chi connectivity index (χ2n) is 30.8. The lowest BCUT2D eigenvalue weighted by Crippen LogP contribution is -2.22. The molecule has 137 heavy (non-hydrogen) atoms. The van der Waals surface area contributed by atoms with Crippen LogP contribution in [0.1, 0.15) is 52.9 Å². The largest absolute Gasteiger partial charge is 0.490 e. The fourth-order valence-corrected chi connectivity index (χ4v) is 24.2. The number of hydrogen-bond acceptors (Lipinski definition) is 14. The van der Waals surface area contributed by atoms with Crippen molar-refractivity contribution < 1.29 is 66.7 Å². The topological polar surface area (TPSA) is 176 Å². The number of rotatable bonds is 33. The van der Waals surface area contributed by atoms with Crippen molar-refractivity contribution in [3.8, 4) is 28.7 Å². The third-order valence-electron chi connectivity index (χ3n) is 20.4. The number of benzene rings is 15. The van der Waals surface area contributed by atoms with Gasteiger partial charge in [0, 0.05) is 22.8 Å². The standard InChI is InChI=1S/C27H29O3S.C24H21O4S.C24H23O3S.C22H19O2S.C21H17O2S/c28-27(22-10-4-1-5-11-22)30-21-20-29-23-16-18-26(19-17-23)31(24-12-6-2-7-13-24)25-14-8-3-9-15-25;1-18(2)24(26)27-17-23(25)28-19-13-15-22(16-14-19)29(20-9-5-3-6-10-20)21-11-7-4-8-12-21;1-19(2)24(25)27-18-17-26-20-13-15-23(16-14-20)28(21-9-5-3-6-10-21)22-11-7-4-8-12-22;1-17(2)22(23)24-18-13-15-21(16-14-18)25(19-9-5-3-6-10-19)20-11-7-4-8-12-20;1-2-21(22)23-17-13-15-20(16-14-17)24(18-9-5-3-6-10-18)19-11-7-4-8-12-19/h2-3,6-9,12-19,22H,1,4-5,10-11,20-21H2;3-16H,1,17H2,2H3;3-16H,1,17-18H2,2H3;3-16H,1H2,2H3;2-16H,1H2/q5*+1. The van der Waals surface area contributed by atoms with Gasteiger partial charge in [-0.15, -0.1) is 0 Å². The van der Waals surface area contributed by atoms with E-state index in [9.17, 15) is 28.8 Å². The van der Waals surface area contributed by atoms with Crippen molar-refractivity contribution in [2.45, 2.75) is 126 Å². The smallest absolute Gasteiger partial charge is 0.349 e. The molecule has 0 amide bonds. The average Bonchev–Trinajstić information content (AvgIpc) is 0.831. The summed E-state index contributed by atoms with van der Waals surface area (Å²) >= 11 is 0. The van der Waals surface area contributed by atoms with E-state index in [2.05, 4.69) is 269 Å². The Balaban J connectivity index is 0.000000154. The maximum atomic E-state index is 12.1. The van der Waals surface area contributed by atoms with Crippen LogP contribution in [0.25, 0.3) is 0 Å². The Bertz CT molecular complexity index is 6100. The summed E-state index contributed by atoms with van der Waals surface area (Å²) in [5.74, 6) is 0.505. The molecule has 19 heteroatoms. The van der Waals surface area contributed by atoms with Crippen molar-refractivity contribution in [2.75, 3.05) is 33.0 Å². The summed E-state index contributed by atoms with van der Waals surface area (Å²) in [6.07, 6.45) is 6.59. The van der Waals surface area contributed by atoms with E-state index in [4.69, 9.17) is 37.9 Å². The normalized spacial score (nSPS) is 11.3. The van der Waals surface area contributed by atoms with E-state index in [-0.39, 0.29) is 78.5 Å². The second-order valence-corrected chi connectivity index (χ2v) is 40.9. The van der Waals surface area contributed by atoms with Gasteiger partial charge in [0.25, 0.3) is 0 Å². The predicted molar refractivity (Wildman–Crippen MR) is 549 cm³/mol. The Kier molecular flexibility index (Phi) is 40.5. The molecular weight excluding hydrogens is 1800 g/mol. The molecule has 0 aliphatic heterocycles. The first-order valence-corrected chi connectivity index (χ1v) is 50.8. The fourth-order valence-electron chi connectivity index (χ4n) is 13.8. The summed E-state index contributed by atoms with van der Waals surface area (Å²) in [4.78, 5) is 88.1. The number of ether oxygens (including phenoxy) is 8. The van der Waals surface area contributed by atoms with E-state index < -0.39 is 36.5 Å². The summed E-state index contributed by atoms with van der Waals surface area (Å²) in [5, 5.41) is 0. The van der Waals surface area contributed by atoms with Crippen LogP contribution in [0.15, 0.2) is 547 Å². The maximum Gasteiger partial charge on any atom is 0.349 e. The Hall–Kier alpha value is -14.6. The molecule has 0 aromatic heterocycles. The van der Waals surface area contributed by atoms with Crippen LogP contribution >= 0.6 is 0 Å². The Morgan fingerprint density at radius 2 is 0.474 bits per heavy atom. The molecule has 0 N–H and O–H groups in total. The number of carbonyl (C=O) groups is 6. The van der Waals surface area contributed by atoms with Crippen LogP contribution in [-0.2, 0) is 97.5 Å². The van der Waals surface area contributed by atoms with Crippen LogP contribution in [0.2, 0.25) is 0 Å². The van der Waals surface area contributed by atoms with E-state index in [1.807, 2.05) is 170 Å². The Morgan fingerprint density at radius 3 is 0.723 bits per heavy atom. The van der Waals surface area contributed by atoms with Crippen LogP contribution in [0.5, 0.6) is 28.7 Å². The number of esters is 6. The quantitative estimate of drug-likeness (QED) is 0.00948. The molecular formula is C118H109O14S5+5. The zero-order chi connectivity index (χ0) is 96.1. The van der Waals surface area contributed by atoms with Crippen molar-refractivity contribution >= 4 is 90.3 Å². The molecule has 15 aromatic rings. The van der Waals surface area contributed by atoms with Gasteiger partial charge in [0.1, 0.15) is 55.2 Å². The van der Waals surface area contributed by atoms with E-state index in [0.29, 0.717) is 48.2 Å². The molecule has 14 nitrogen and oxygen atoms in total. The van der Waals surface area contributed by atoms with Crippen molar-refractivity contribution in [3.63, 3.8) is 0 Å². The zero-order valence-corrected chi connectivity index (χ0v) is 80.8. The highest BCUT2D eigenvalue weighted by Crippen LogP contribution is 2.39. The van der Waals surface area contributed by atoms with Gasteiger partial charge in [-0.25, -0.2) is 24.0 Å². The van der Waals surface area contributed by atoms with Gasteiger partial charge in [-0.3, -0.25) is 4.79 Å². The van der Waals surface area contributed by atoms with E-state index in [0.717, 1.165) is 48.2 Å². The van der Waals surface area contributed by atoms with Crippen LogP contribution in [0, 0.1) is 5.92 Å². The lowest BCUT2D eigenvalue weighted by molar-refractivity contribution is -0.150. The number of carbonyl (C=O) groups excluding carboxylic acids is 6. The highest BCUT2D eigenvalue weighted by atomic mass is 32.2. The van der Waals surface area contributed by atoms with Crippen LogP contribution in [0.4, 0.5) is 0 Å². The molecule has 1 aliphatic carbocycles. The maximum absolute atomic E-state index is 12.1. The first-order chi connectivity index (χ1) is 66.9. The van der Waals surface area contributed by atoms with Crippen LogP contribution < -0.4 is 23.7 Å². The molecule has 0 saturated heterocycles. The minimum atomic E-state index is -0.641. The molecule has 0 spiro atoms. The van der Waals surface area contributed by atoms with Crippen molar-refractivity contribution in [1.29, 1.82) is 0 Å². The molecule has 0 heterocycles. The van der Waals surface area contributed by atoms with Gasteiger partial charge in [-0.1, -0.05) is 228 Å². The fraction of sp³-hybridized carbons (Fsp3) is 0.119. The molecule has 1 fully saturated rings. The first-order valence-electron chi connectivity index (χ1n) is 44.7. The highest BCUT2D eigenvalue weighted by molar-refractivity contribution is 7.98. The first kappa shape index (κ1) is 101. The summed E-state index contributed by atoms with van der Waals surface area (Å²) in [7, 11) is -1.01. The van der Waals surface area contributed by atoms with Gasteiger partial charge in [-0.05, 0) is 276 Å². The third-order valence-corrected chi connectivity index (χ3v) is 31.6. The van der Waals surface area contributed by atoms with E-state index >= 15 is 0 Å². The zero-order valence-electron chi connectivity index (χ0n) is 76.7. The highest BCUT2D eigenvalue weighted by Gasteiger charge is 2.34. The van der Waals surface area contributed by atoms with Gasteiger partial charge < -0.3 is 37.9 Å². The van der Waals surface area contributed by atoms with E-state index in [1.165, 1.54) is 81.9 Å². The molecule has 0 radical (unpaired) electrons. The van der Waals surface area contributed by atoms with Gasteiger partial charge in [0.15, 0.2) is 80.0 Å². The lowest BCUT2D eigenvalue weighted by atomic mass is 9.89. The molecule has 1 saturated carbocycles. The van der Waals surface area contributed by atoms with Crippen LogP contribution in [0.3, 0.4) is 0 Å². The van der Waals surface area contributed by atoms with Crippen molar-refractivity contribution in [3.05, 3.63) is 474 Å². The third kappa shape index (κ3) is 32.1. The summed E-state index contributed by atoms with van der Waals surface area (Å²) in [6, 6.07) is 144. The second kappa shape index (κ2) is 54.7. The van der Waals surface area contributed by atoms with Gasteiger partial charge >= 0.3 is 35.8 Å².